The molecular weight excluding hydrogens is 270 g/mol. The summed E-state index contributed by atoms with van der Waals surface area (Å²) in [4.78, 5) is 22.7. The van der Waals surface area contributed by atoms with Gasteiger partial charge in [-0.2, -0.15) is 0 Å². The Hall–Kier alpha value is -1.93. The zero-order valence-electron chi connectivity index (χ0n) is 10.3. The van der Waals surface area contributed by atoms with Crippen molar-refractivity contribution >= 4 is 21.8 Å². The molecule has 19 heavy (non-hydrogen) atoms. The standard InChI is InChI=1S/C11H15N3O4S/c1-19(17,18)14-6-5-13-11(16)9-4-2-3-8(7-9)10(12)15/h2-4,7,14H,5-6H2,1H3,(H2,12,15)(H,13,16). The fraction of sp³-hybridized carbons (Fsp3) is 0.273. The van der Waals surface area contributed by atoms with Gasteiger partial charge in [-0.15, -0.1) is 0 Å². The Bertz CT molecular complexity index is 583. The van der Waals surface area contributed by atoms with Gasteiger partial charge in [0, 0.05) is 24.2 Å². The Labute approximate surface area is 111 Å². The van der Waals surface area contributed by atoms with Gasteiger partial charge in [0.25, 0.3) is 5.91 Å². The van der Waals surface area contributed by atoms with Crippen LogP contribution < -0.4 is 15.8 Å². The quantitative estimate of drug-likeness (QED) is 0.585. The lowest BCUT2D eigenvalue weighted by atomic mass is 10.1. The van der Waals surface area contributed by atoms with Crippen LogP contribution in [0.25, 0.3) is 0 Å². The van der Waals surface area contributed by atoms with Crippen molar-refractivity contribution in [2.24, 2.45) is 5.73 Å². The van der Waals surface area contributed by atoms with E-state index in [2.05, 4.69) is 10.0 Å². The van der Waals surface area contributed by atoms with Crippen LogP contribution in [0, 0.1) is 0 Å². The number of amides is 2. The minimum Gasteiger partial charge on any atom is -0.366 e. The molecule has 0 aliphatic rings. The summed E-state index contributed by atoms with van der Waals surface area (Å²) < 4.78 is 23.8. The topological polar surface area (TPSA) is 118 Å². The van der Waals surface area contributed by atoms with E-state index in [1.807, 2.05) is 0 Å². The number of carbonyl (C=O) groups excluding carboxylic acids is 2. The molecule has 7 nitrogen and oxygen atoms in total. The van der Waals surface area contributed by atoms with Gasteiger partial charge in [0.05, 0.1) is 6.26 Å². The fourth-order valence-electron chi connectivity index (χ4n) is 1.33. The highest BCUT2D eigenvalue weighted by Gasteiger charge is 2.08. The molecule has 0 aliphatic heterocycles. The van der Waals surface area contributed by atoms with Crippen LogP contribution in [0.1, 0.15) is 20.7 Å². The number of sulfonamides is 1. The van der Waals surface area contributed by atoms with E-state index in [0.29, 0.717) is 0 Å². The number of carbonyl (C=O) groups is 2. The molecule has 0 aromatic heterocycles. The Balaban J connectivity index is 2.54. The molecule has 0 bridgehead atoms. The summed E-state index contributed by atoms with van der Waals surface area (Å²) in [5.41, 5.74) is 5.63. The Morgan fingerprint density at radius 1 is 1.21 bits per heavy atom. The smallest absolute Gasteiger partial charge is 0.251 e. The minimum absolute atomic E-state index is 0.0973. The van der Waals surface area contributed by atoms with Crippen molar-refractivity contribution in [2.75, 3.05) is 19.3 Å². The second-order valence-electron chi connectivity index (χ2n) is 3.87. The van der Waals surface area contributed by atoms with Crippen LogP contribution >= 0.6 is 0 Å². The SMILES string of the molecule is CS(=O)(=O)NCCNC(=O)c1cccc(C(N)=O)c1. The third-order valence-corrected chi connectivity index (χ3v) is 2.91. The van der Waals surface area contributed by atoms with E-state index in [1.165, 1.54) is 18.2 Å². The van der Waals surface area contributed by atoms with E-state index in [0.717, 1.165) is 6.26 Å². The summed E-state index contributed by atoms with van der Waals surface area (Å²) in [5.74, 6) is -1.02. The largest absolute Gasteiger partial charge is 0.366 e. The van der Waals surface area contributed by atoms with E-state index in [-0.39, 0.29) is 24.2 Å². The molecule has 0 saturated carbocycles. The molecule has 4 N–H and O–H groups in total. The van der Waals surface area contributed by atoms with Crippen molar-refractivity contribution in [2.45, 2.75) is 0 Å². The van der Waals surface area contributed by atoms with Gasteiger partial charge >= 0.3 is 0 Å². The van der Waals surface area contributed by atoms with Crippen LogP contribution in [-0.4, -0.2) is 39.6 Å². The molecule has 1 aromatic carbocycles. The van der Waals surface area contributed by atoms with Crippen LogP contribution in [0.4, 0.5) is 0 Å². The predicted octanol–water partition coefficient (Wildman–Crippen LogP) is -0.935. The number of nitrogens with one attached hydrogen (secondary N) is 2. The maximum absolute atomic E-state index is 11.7. The third kappa shape index (κ3) is 5.49. The Morgan fingerprint density at radius 2 is 1.84 bits per heavy atom. The second-order valence-corrected chi connectivity index (χ2v) is 5.70. The van der Waals surface area contributed by atoms with Gasteiger partial charge < -0.3 is 11.1 Å². The highest BCUT2D eigenvalue weighted by molar-refractivity contribution is 7.88. The molecule has 8 heteroatoms. The Morgan fingerprint density at radius 3 is 2.42 bits per heavy atom. The van der Waals surface area contributed by atoms with E-state index >= 15 is 0 Å². The number of hydrogen-bond acceptors (Lipinski definition) is 4. The first-order valence-corrected chi connectivity index (χ1v) is 7.31. The summed E-state index contributed by atoms with van der Waals surface area (Å²) in [6.07, 6.45) is 1.03. The minimum atomic E-state index is -3.27. The summed E-state index contributed by atoms with van der Waals surface area (Å²) in [7, 11) is -3.27. The summed E-state index contributed by atoms with van der Waals surface area (Å²) in [6.45, 7) is 0.243. The lowest BCUT2D eigenvalue weighted by Gasteiger charge is -2.06. The first-order chi connectivity index (χ1) is 8.79. The van der Waals surface area contributed by atoms with Crippen LogP contribution in [0.15, 0.2) is 24.3 Å². The molecule has 104 valence electrons. The molecule has 0 saturated heterocycles. The van der Waals surface area contributed by atoms with Crippen molar-refractivity contribution in [3.8, 4) is 0 Å². The molecule has 1 aromatic rings. The zero-order chi connectivity index (χ0) is 14.5. The number of hydrogen-bond donors (Lipinski definition) is 3. The predicted molar refractivity (Wildman–Crippen MR) is 70.1 cm³/mol. The molecule has 0 heterocycles. The van der Waals surface area contributed by atoms with E-state index in [4.69, 9.17) is 5.73 Å². The fourth-order valence-corrected chi connectivity index (χ4v) is 1.80. The van der Waals surface area contributed by atoms with Crippen LogP contribution in [0.5, 0.6) is 0 Å². The lowest BCUT2D eigenvalue weighted by molar-refractivity contribution is 0.0954. The van der Waals surface area contributed by atoms with Gasteiger partial charge in [-0.05, 0) is 18.2 Å². The molecule has 0 radical (unpaired) electrons. The molecule has 0 atom stereocenters. The first kappa shape index (κ1) is 15.1. The van der Waals surface area contributed by atoms with E-state index in [1.54, 1.807) is 6.07 Å². The number of primary amides is 1. The van der Waals surface area contributed by atoms with Gasteiger partial charge in [-0.25, -0.2) is 13.1 Å². The molecule has 0 aliphatic carbocycles. The molecule has 1 rings (SSSR count). The van der Waals surface area contributed by atoms with Gasteiger partial charge in [-0.3, -0.25) is 9.59 Å². The van der Waals surface area contributed by atoms with E-state index in [9.17, 15) is 18.0 Å². The van der Waals surface area contributed by atoms with Crippen molar-refractivity contribution < 1.29 is 18.0 Å². The van der Waals surface area contributed by atoms with E-state index < -0.39 is 21.8 Å². The summed E-state index contributed by atoms with van der Waals surface area (Å²) in [5, 5.41) is 2.52. The van der Waals surface area contributed by atoms with Crippen molar-refractivity contribution in [3.63, 3.8) is 0 Å². The van der Waals surface area contributed by atoms with Gasteiger partial charge in [0.2, 0.25) is 15.9 Å². The van der Waals surface area contributed by atoms with Crippen molar-refractivity contribution in [1.82, 2.24) is 10.0 Å². The third-order valence-electron chi connectivity index (χ3n) is 2.18. The maximum Gasteiger partial charge on any atom is 0.251 e. The lowest BCUT2D eigenvalue weighted by Crippen LogP contribution is -2.34. The van der Waals surface area contributed by atoms with Gasteiger partial charge in [0.1, 0.15) is 0 Å². The number of benzene rings is 1. The average molecular weight is 285 g/mol. The monoisotopic (exact) mass is 285 g/mol. The van der Waals surface area contributed by atoms with Crippen LogP contribution in [0.2, 0.25) is 0 Å². The first-order valence-electron chi connectivity index (χ1n) is 5.42. The average Bonchev–Trinajstić information content (AvgIpc) is 2.33. The molecule has 2 amide bonds. The van der Waals surface area contributed by atoms with Crippen molar-refractivity contribution in [1.29, 1.82) is 0 Å². The normalized spacial score (nSPS) is 11.0. The highest BCUT2D eigenvalue weighted by Crippen LogP contribution is 2.04. The molecule has 0 unspecified atom stereocenters. The Kier molecular flexibility index (Phi) is 5.02. The van der Waals surface area contributed by atoms with Crippen LogP contribution in [0.3, 0.4) is 0 Å². The summed E-state index contributed by atoms with van der Waals surface area (Å²) >= 11 is 0. The zero-order valence-corrected chi connectivity index (χ0v) is 11.2. The second kappa shape index (κ2) is 6.30. The van der Waals surface area contributed by atoms with Gasteiger partial charge in [0.15, 0.2) is 0 Å². The maximum atomic E-state index is 11.7. The molecule has 0 fully saturated rings. The highest BCUT2D eigenvalue weighted by atomic mass is 32.2. The van der Waals surface area contributed by atoms with Gasteiger partial charge in [-0.1, -0.05) is 6.07 Å². The summed E-state index contributed by atoms with van der Waals surface area (Å²) in [6, 6.07) is 5.96. The van der Waals surface area contributed by atoms with Crippen molar-refractivity contribution in [3.05, 3.63) is 35.4 Å². The molecule has 0 spiro atoms. The molecular formula is C11H15N3O4S. The number of rotatable bonds is 6. The number of nitrogens with two attached hydrogens (primary N) is 1. The van der Waals surface area contributed by atoms with Crippen LogP contribution in [-0.2, 0) is 10.0 Å².